The smallest absolute Gasteiger partial charge is 0.237 e. The Bertz CT molecular complexity index is 351. The number of hydrogen-bond donors (Lipinski definition) is 3. The third-order valence-corrected chi connectivity index (χ3v) is 2.33. The minimum absolute atomic E-state index is 0.199. The average molecular weight is 238 g/mol. The first kappa shape index (κ1) is 13.5. The molecule has 0 aliphatic heterocycles. The summed E-state index contributed by atoms with van der Waals surface area (Å²) in [5, 5.41) is 11.8. The van der Waals surface area contributed by atoms with E-state index in [0.717, 1.165) is 5.56 Å². The van der Waals surface area contributed by atoms with Gasteiger partial charge >= 0.3 is 0 Å². The minimum Gasteiger partial charge on any atom is -0.508 e. The van der Waals surface area contributed by atoms with Crippen LogP contribution < -0.4 is 11.1 Å². The van der Waals surface area contributed by atoms with Gasteiger partial charge in [0.2, 0.25) is 5.91 Å². The molecule has 0 fully saturated rings. The zero-order chi connectivity index (χ0) is 12.7. The lowest BCUT2D eigenvalue weighted by Crippen LogP contribution is -2.43. The summed E-state index contributed by atoms with van der Waals surface area (Å²) < 4.78 is 4.82. The minimum atomic E-state index is -0.587. The number of nitrogens with one attached hydrogen (secondary N) is 1. The first-order valence-electron chi connectivity index (χ1n) is 5.43. The summed E-state index contributed by atoms with van der Waals surface area (Å²) in [4.78, 5) is 11.5. The summed E-state index contributed by atoms with van der Waals surface area (Å²) >= 11 is 0. The van der Waals surface area contributed by atoms with Crippen LogP contribution in [0.5, 0.6) is 5.75 Å². The predicted octanol–water partition coefficient (Wildman–Crippen LogP) is 0.0246. The zero-order valence-corrected chi connectivity index (χ0v) is 9.85. The van der Waals surface area contributed by atoms with Crippen LogP contribution in [0.2, 0.25) is 0 Å². The summed E-state index contributed by atoms with van der Waals surface area (Å²) in [7, 11) is 1.57. The Morgan fingerprint density at radius 3 is 2.71 bits per heavy atom. The van der Waals surface area contributed by atoms with Gasteiger partial charge in [0, 0.05) is 13.7 Å². The van der Waals surface area contributed by atoms with Crippen molar-refractivity contribution in [1.82, 2.24) is 5.32 Å². The third kappa shape index (κ3) is 4.84. The van der Waals surface area contributed by atoms with E-state index in [1.807, 2.05) is 0 Å². The molecule has 1 amide bonds. The van der Waals surface area contributed by atoms with Crippen molar-refractivity contribution < 1.29 is 14.6 Å². The molecule has 4 N–H and O–H groups in total. The number of carbonyl (C=O) groups is 1. The van der Waals surface area contributed by atoms with Gasteiger partial charge in [0.25, 0.3) is 0 Å². The number of aromatic hydroxyl groups is 1. The number of rotatable bonds is 6. The van der Waals surface area contributed by atoms with E-state index in [1.54, 1.807) is 31.4 Å². The van der Waals surface area contributed by atoms with Crippen molar-refractivity contribution >= 4 is 5.91 Å². The lowest BCUT2D eigenvalue weighted by Gasteiger charge is -2.12. The molecular formula is C12H18N2O3. The summed E-state index contributed by atoms with van der Waals surface area (Å²) in [6, 6.07) is 6.06. The first-order valence-corrected chi connectivity index (χ1v) is 5.43. The van der Waals surface area contributed by atoms with Gasteiger partial charge in [-0.25, -0.2) is 0 Å². The lowest BCUT2D eigenvalue weighted by atomic mass is 10.1. The summed E-state index contributed by atoms with van der Waals surface area (Å²) in [6.45, 7) is 0.927. The van der Waals surface area contributed by atoms with Gasteiger partial charge in [-0.2, -0.15) is 0 Å². The van der Waals surface area contributed by atoms with Crippen LogP contribution in [-0.2, 0) is 16.0 Å². The van der Waals surface area contributed by atoms with Crippen LogP contribution in [0.15, 0.2) is 24.3 Å². The Morgan fingerprint density at radius 2 is 2.12 bits per heavy atom. The Balaban J connectivity index is 2.40. The number of ether oxygens (including phenoxy) is 1. The molecular weight excluding hydrogens is 220 g/mol. The van der Waals surface area contributed by atoms with Crippen LogP contribution in [0.1, 0.15) is 5.56 Å². The third-order valence-electron chi connectivity index (χ3n) is 2.33. The molecule has 0 unspecified atom stereocenters. The molecule has 0 saturated heterocycles. The zero-order valence-electron chi connectivity index (χ0n) is 9.85. The van der Waals surface area contributed by atoms with E-state index in [4.69, 9.17) is 15.6 Å². The van der Waals surface area contributed by atoms with Gasteiger partial charge < -0.3 is 20.9 Å². The number of amides is 1. The molecule has 1 atom stereocenters. The largest absolute Gasteiger partial charge is 0.508 e. The van der Waals surface area contributed by atoms with E-state index in [9.17, 15) is 4.79 Å². The van der Waals surface area contributed by atoms with Crippen LogP contribution in [0, 0.1) is 0 Å². The molecule has 5 heteroatoms. The second-order valence-corrected chi connectivity index (χ2v) is 3.76. The van der Waals surface area contributed by atoms with Gasteiger partial charge in [-0.15, -0.1) is 0 Å². The predicted molar refractivity (Wildman–Crippen MR) is 64.7 cm³/mol. The molecule has 0 aromatic heterocycles. The molecule has 17 heavy (non-hydrogen) atoms. The van der Waals surface area contributed by atoms with Crippen molar-refractivity contribution in [3.63, 3.8) is 0 Å². The molecule has 0 aliphatic rings. The number of methoxy groups -OCH3 is 1. The molecule has 0 saturated carbocycles. The molecule has 94 valence electrons. The number of carbonyl (C=O) groups excluding carboxylic acids is 1. The highest BCUT2D eigenvalue weighted by atomic mass is 16.5. The van der Waals surface area contributed by atoms with Crippen LogP contribution >= 0.6 is 0 Å². The summed E-state index contributed by atoms with van der Waals surface area (Å²) in [5.41, 5.74) is 6.67. The molecule has 0 aliphatic carbocycles. The molecule has 1 aromatic rings. The number of benzene rings is 1. The fraction of sp³-hybridized carbons (Fsp3) is 0.417. The molecule has 0 spiro atoms. The number of hydrogen-bond acceptors (Lipinski definition) is 4. The van der Waals surface area contributed by atoms with Gasteiger partial charge in [-0.1, -0.05) is 12.1 Å². The van der Waals surface area contributed by atoms with Gasteiger partial charge in [0.05, 0.1) is 12.6 Å². The van der Waals surface area contributed by atoms with Gasteiger partial charge in [-0.05, 0) is 24.1 Å². The Labute approximate surface area is 101 Å². The van der Waals surface area contributed by atoms with Crippen molar-refractivity contribution in [3.8, 4) is 5.75 Å². The van der Waals surface area contributed by atoms with Crippen LogP contribution in [0.25, 0.3) is 0 Å². The van der Waals surface area contributed by atoms with Gasteiger partial charge in [0.1, 0.15) is 5.75 Å². The van der Waals surface area contributed by atoms with Crippen LogP contribution in [0.4, 0.5) is 0 Å². The van der Waals surface area contributed by atoms with Crippen molar-refractivity contribution in [2.45, 2.75) is 12.5 Å². The van der Waals surface area contributed by atoms with Gasteiger partial charge in [-0.3, -0.25) is 4.79 Å². The Hall–Kier alpha value is -1.59. The fourth-order valence-corrected chi connectivity index (χ4v) is 1.39. The van der Waals surface area contributed by atoms with E-state index in [1.165, 1.54) is 0 Å². The maximum atomic E-state index is 11.5. The highest BCUT2D eigenvalue weighted by Crippen LogP contribution is 2.10. The van der Waals surface area contributed by atoms with Crippen molar-refractivity contribution in [3.05, 3.63) is 29.8 Å². The maximum absolute atomic E-state index is 11.5. The first-order chi connectivity index (χ1) is 8.13. The van der Waals surface area contributed by atoms with E-state index in [-0.39, 0.29) is 11.7 Å². The number of phenols is 1. The molecule has 0 bridgehead atoms. The van der Waals surface area contributed by atoms with Crippen molar-refractivity contribution in [2.24, 2.45) is 5.73 Å². The number of phenolic OH excluding ortho intramolecular Hbond substituents is 1. The van der Waals surface area contributed by atoms with E-state index in [0.29, 0.717) is 19.6 Å². The summed E-state index contributed by atoms with van der Waals surface area (Å²) in [5.74, 6) is 0.00184. The lowest BCUT2D eigenvalue weighted by molar-refractivity contribution is -0.122. The second kappa shape index (κ2) is 6.88. The number of nitrogens with two attached hydrogens (primary N) is 1. The van der Waals surface area contributed by atoms with Crippen LogP contribution in [-0.4, -0.2) is 37.3 Å². The fourth-order valence-electron chi connectivity index (χ4n) is 1.39. The quantitative estimate of drug-likeness (QED) is 0.610. The SMILES string of the molecule is COCCNC(=O)[C@@H](N)Cc1ccc(O)cc1. The second-order valence-electron chi connectivity index (χ2n) is 3.76. The normalized spacial score (nSPS) is 12.1. The highest BCUT2D eigenvalue weighted by molar-refractivity contribution is 5.81. The molecule has 1 aromatic carbocycles. The van der Waals surface area contributed by atoms with E-state index in [2.05, 4.69) is 5.32 Å². The average Bonchev–Trinajstić information content (AvgIpc) is 2.32. The standard InChI is InChI=1S/C12H18N2O3/c1-17-7-6-14-12(16)11(13)8-9-2-4-10(15)5-3-9/h2-5,11,15H,6-8,13H2,1H3,(H,14,16)/t11-/m0/s1. The topological polar surface area (TPSA) is 84.6 Å². The molecule has 0 radical (unpaired) electrons. The molecule has 5 nitrogen and oxygen atoms in total. The Morgan fingerprint density at radius 1 is 1.47 bits per heavy atom. The maximum Gasteiger partial charge on any atom is 0.237 e. The molecule has 1 rings (SSSR count). The monoisotopic (exact) mass is 238 g/mol. The van der Waals surface area contributed by atoms with E-state index < -0.39 is 6.04 Å². The highest BCUT2D eigenvalue weighted by Gasteiger charge is 2.13. The summed E-state index contributed by atoms with van der Waals surface area (Å²) in [6.07, 6.45) is 0.444. The van der Waals surface area contributed by atoms with Crippen molar-refractivity contribution in [1.29, 1.82) is 0 Å². The van der Waals surface area contributed by atoms with E-state index >= 15 is 0 Å². The van der Waals surface area contributed by atoms with Gasteiger partial charge in [0.15, 0.2) is 0 Å². The molecule has 0 heterocycles. The van der Waals surface area contributed by atoms with Crippen LogP contribution in [0.3, 0.4) is 0 Å². The Kier molecular flexibility index (Phi) is 5.45. The van der Waals surface area contributed by atoms with Crippen molar-refractivity contribution in [2.75, 3.05) is 20.3 Å².